The molecule has 6 heteroatoms. The zero-order valence-corrected chi connectivity index (χ0v) is 10.2. The van der Waals surface area contributed by atoms with E-state index in [0.29, 0.717) is 0 Å². The molecule has 0 aliphatic carbocycles. The van der Waals surface area contributed by atoms with Crippen molar-refractivity contribution >= 4 is 5.69 Å². The number of anilines is 1. The Bertz CT molecular complexity index is 626. The maximum atomic E-state index is 12.9. The second kappa shape index (κ2) is 5.05. The first kappa shape index (κ1) is 14.2. The molecule has 0 amide bonds. The molecule has 3 nitrogen and oxygen atoms in total. The molecule has 0 saturated heterocycles. The zero-order chi connectivity index (χ0) is 14.9. The van der Waals surface area contributed by atoms with Gasteiger partial charge in [-0.2, -0.15) is 13.2 Å². The highest BCUT2D eigenvalue weighted by Gasteiger charge is 2.35. The van der Waals surface area contributed by atoms with Gasteiger partial charge in [0, 0.05) is 5.56 Å². The average Bonchev–Trinajstić information content (AvgIpc) is 2.40. The van der Waals surface area contributed by atoms with Crippen LogP contribution in [0.15, 0.2) is 42.5 Å². The molecule has 2 aromatic rings. The van der Waals surface area contributed by atoms with Gasteiger partial charge in [0.1, 0.15) is 11.9 Å². The van der Waals surface area contributed by atoms with Gasteiger partial charge in [0.15, 0.2) is 0 Å². The fourth-order valence-corrected chi connectivity index (χ4v) is 1.97. The van der Waals surface area contributed by atoms with Gasteiger partial charge in [0.05, 0.1) is 11.3 Å². The van der Waals surface area contributed by atoms with Crippen LogP contribution < -0.4 is 5.73 Å². The monoisotopic (exact) mass is 283 g/mol. The Morgan fingerprint density at radius 2 is 1.55 bits per heavy atom. The highest BCUT2D eigenvalue weighted by molar-refractivity contribution is 5.60. The van der Waals surface area contributed by atoms with Gasteiger partial charge in [0.2, 0.25) is 0 Å². The van der Waals surface area contributed by atoms with Crippen molar-refractivity contribution in [3.8, 4) is 5.75 Å². The minimum absolute atomic E-state index is 0.0294. The van der Waals surface area contributed by atoms with Crippen molar-refractivity contribution in [3.05, 3.63) is 59.2 Å². The fraction of sp³-hybridized carbons (Fsp3) is 0.143. The van der Waals surface area contributed by atoms with Crippen LogP contribution in [0.2, 0.25) is 0 Å². The summed E-state index contributed by atoms with van der Waals surface area (Å²) in [7, 11) is 0. The molecule has 106 valence electrons. The number of halogens is 3. The number of nitrogens with two attached hydrogens (primary N) is 1. The second-order valence-electron chi connectivity index (χ2n) is 4.27. The fourth-order valence-electron chi connectivity index (χ4n) is 1.97. The lowest BCUT2D eigenvalue weighted by Gasteiger charge is -2.19. The molecule has 0 fully saturated rings. The van der Waals surface area contributed by atoms with Crippen molar-refractivity contribution in [1.29, 1.82) is 0 Å². The van der Waals surface area contributed by atoms with E-state index in [0.717, 1.165) is 6.07 Å². The van der Waals surface area contributed by atoms with E-state index in [1.807, 2.05) is 0 Å². The largest absolute Gasteiger partial charge is 0.506 e. The maximum Gasteiger partial charge on any atom is 0.416 e. The topological polar surface area (TPSA) is 66.5 Å². The zero-order valence-electron chi connectivity index (χ0n) is 10.2. The summed E-state index contributed by atoms with van der Waals surface area (Å²) in [5.74, 6) is -0.286. The number of alkyl halides is 3. The minimum atomic E-state index is -4.58. The summed E-state index contributed by atoms with van der Waals surface area (Å²) in [6, 6.07) is 8.76. The number of aromatic hydroxyl groups is 1. The molecule has 0 bridgehead atoms. The Labute approximate surface area is 113 Å². The number of para-hydroxylation sites is 1. The molecule has 0 spiro atoms. The first-order valence-corrected chi connectivity index (χ1v) is 5.74. The van der Waals surface area contributed by atoms with Gasteiger partial charge in [-0.05, 0) is 17.7 Å². The van der Waals surface area contributed by atoms with E-state index in [9.17, 15) is 23.4 Å². The third kappa shape index (κ3) is 2.55. The molecule has 0 heterocycles. The van der Waals surface area contributed by atoms with E-state index in [4.69, 9.17) is 5.73 Å². The van der Waals surface area contributed by atoms with Crippen LogP contribution in [0.25, 0.3) is 0 Å². The summed E-state index contributed by atoms with van der Waals surface area (Å²) in [6.07, 6.45) is -6.15. The number of nitrogen functional groups attached to an aromatic ring is 1. The standard InChI is InChI=1S/C14H12F3NO2/c15-14(16,17)10-6-2-1-4-8(10)13(20)9-5-3-7-11(19)12(9)18/h1-7,13,19-20H,18H2. The number of hydrogen-bond acceptors (Lipinski definition) is 3. The SMILES string of the molecule is Nc1c(O)cccc1C(O)c1ccccc1C(F)(F)F. The highest BCUT2D eigenvalue weighted by Crippen LogP contribution is 2.38. The number of phenolic OH excluding ortho intramolecular Hbond substituents is 1. The summed E-state index contributed by atoms with van der Waals surface area (Å²) in [5, 5.41) is 19.6. The number of aliphatic hydroxyl groups is 1. The van der Waals surface area contributed by atoms with Crippen molar-refractivity contribution in [2.45, 2.75) is 12.3 Å². The van der Waals surface area contributed by atoms with Crippen LogP contribution in [-0.4, -0.2) is 10.2 Å². The van der Waals surface area contributed by atoms with Crippen molar-refractivity contribution in [3.63, 3.8) is 0 Å². The summed E-state index contributed by atoms with van der Waals surface area (Å²) < 4.78 is 38.7. The van der Waals surface area contributed by atoms with Gasteiger partial charge in [-0.3, -0.25) is 0 Å². The third-order valence-electron chi connectivity index (χ3n) is 2.97. The molecule has 1 atom stereocenters. The van der Waals surface area contributed by atoms with Crippen molar-refractivity contribution in [2.24, 2.45) is 0 Å². The van der Waals surface area contributed by atoms with E-state index in [2.05, 4.69) is 0 Å². The predicted molar refractivity (Wildman–Crippen MR) is 68.0 cm³/mol. The van der Waals surface area contributed by atoms with Crippen molar-refractivity contribution < 1.29 is 23.4 Å². The van der Waals surface area contributed by atoms with Crippen LogP contribution in [0.5, 0.6) is 5.75 Å². The lowest BCUT2D eigenvalue weighted by molar-refractivity contribution is -0.139. The van der Waals surface area contributed by atoms with Gasteiger partial charge in [-0.25, -0.2) is 0 Å². The van der Waals surface area contributed by atoms with Crippen molar-refractivity contribution in [1.82, 2.24) is 0 Å². The molecular formula is C14H12F3NO2. The predicted octanol–water partition coefficient (Wildman–Crippen LogP) is 3.07. The molecule has 0 aliphatic rings. The summed E-state index contributed by atoms with van der Waals surface area (Å²) >= 11 is 0. The number of rotatable bonds is 2. The van der Waals surface area contributed by atoms with Crippen LogP contribution in [0.3, 0.4) is 0 Å². The Morgan fingerprint density at radius 1 is 0.950 bits per heavy atom. The van der Waals surface area contributed by atoms with E-state index in [1.54, 1.807) is 0 Å². The lowest BCUT2D eigenvalue weighted by Crippen LogP contribution is -2.13. The Hall–Kier alpha value is -2.21. The van der Waals surface area contributed by atoms with Crippen LogP contribution >= 0.6 is 0 Å². The second-order valence-corrected chi connectivity index (χ2v) is 4.27. The molecule has 0 aliphatic heterocycles. The molecule has 2 rings (SSSR count). The Balaban J connectivity index is 2.55. The van der Waals surface area contributed by atoms with Gasteiger partial charge < -0.3 is 15.9 Å². The molecule has 1 unspecified atom stereocenters. The van der Waals surface area contributed by atoms with Crippen LogP contribution in [-0.2, 0) is 6.18 Å². The summed E-state index contributed by atoms with van der Waals surface area (Å²) in [6.45, 7) is 0. The van der Waals surface area contributed by atoms with Crippen molar-refractivity contribution in [2.75, 3.05) is 5.73 Å². The van der Waals surface area contributed by atoms with E-state index in [-0.39, 0.29) is 22.6 Å². The van der Waals surface area contributed by atoms with Gasteiger partial charge in [0.25, 0.3) is 0 Å². The number of benzene rings is 2. The molecular weight excluding hydrogens is 271 g/mol. The van der Waals surface area contributed by atoms with E-state index < -0.39 is 17.8 Å². The molecule has 20 heavy (non-hydrogen) atoms. The normalized spacial score (nSPS) is 13.2. The number of aliphatic hydroxyl groups excluding tert-OH is 1. The quantitative estimate of drug-likeness (QED) is 0.586. The minimum Gasteiger partial charge on any atom is -0.506 e. The molecule has 0 saturated carbocycles. The number of phenols is 1. The smallest absolute Gasteiger partial charge is 0.416 e. The first-order valence-electron chi connectivity index (χ1n) is 5.74. The first-order chi connectivity index (χ1) is 9.32. The lowest BCUT2D eigenvalue weighted by atomic mass is 9.95. The van der Waals surface area contributed by atoms with Crippen LogP contribution in [0, 0.1) is 0 Å². The van der Waals surface area contributed by atoms with Crippen LogP contribution in [0.4, 0.5) is 18.9 Å². The molecule has 0 aromatic heterocycles. The van der Waals surface area contributed by atoms with Gasteiger partial charge in [-0.15, -0.1) is 0 Å². The van der Waals surface area contributed by atoms with E-state index >= 15 is 0 Å². The van der Waals surface area contributed by atoms with E-state index in [1.165, 1.54) is 36.4 Å². The molecule has 4 N–H and O–H groups in total. The van der Waals surface area contributed by atoms with Gasteiger partial charge in [-0.1, -0.05) is 30.3 Å². The Morgan fingerprint density at radius 3 is 2.20 bits per heavy atom. The third-order valence-corrected chi connectivity index (χ3v) is 2.97. The molecule has 0 radical (unpaired) electrons. The number of hydrogen-bond donors (Lipinski definition) is 3. The molecule has 2 aromatic carbocycles. The Kier molecular flexibility index (Phi) is 3.59. The average molecular weight is 283 g/mol. The summed E-state index contributed by atoms with van der Waals surface area (Å²) in [4.78, 5) is 0. The van der Waals surface area contributed by atoms with Gasteiger partial charge >= 0.3 is 6.18 Å². The highest BCUT2D eigenvalue weighted by atomic mass is 19.4. The maximum absolute atomic E-state index is 12.9. The summed E-state index contributed by atoms with van der Waals surface area (Å²) in [5.41, 5.74) is 4.23. The van der Waals surface area contributed by atoms with Crippen LogP contribution in [0.1, 0.15) is 22.8 Å².